The van der Waals surface area contributed by atoms with E-state index in [1.165, 1.54) is 0 Å². The molecule has 1 heterocycles. The maximum atomic E-state index is 4.70. The number of para-hydroxylation sites is 2. The lowest BCUT2D eigenvalue weighted by atomic mass is 10.2. The van der Waals surface area contributed by atoms with Crippen molar-refractivity contribution in [3.05, 3.63) is 91.0 Å². The highest BCUT2D eigenvalue weighted by Gasteiger charge is 2.22. The Morgan fingerprint density at radius 3 is 1.55 bits per heavy atom. The molecule has 3 aromatic carbocycles. The summed E-state index contributed by atoms with van der Waals surface area (Å²) in [5.74, 6) is 0.693. The van der Waals surface area contributed by atoms with Crippen LogP contribution in [0, 0.1) is 0 Å². The Morgan fingerprint density at radius 1 is 0.586 bits per heavy atom. The van der Waals surface area contributed by atoms with Gasteiger partial charge in [0, 0.05) is 4.80 Å². The highest BCUT2D eigenvalue weighted by atomic mass is 15.7. The normalized spacial score (nSPS) is 9.03. The summed E-state index contributed by atoms with van der Waals surface area (Å²) >= 11 is 0. The van der Waals surface area contributed by atoms with Gasteiger partial charge in [-0.3, -0.25) is 0 Å². The van der Waals surface area contributed by atoms with Gasteiger partial charge in [0.15, 0.2) is 5.69 Å². The van der Waals surface area contributed by atoms with Crippen molar-refractivity contribution in [1.29, 1.82) is 0 Å². The van der Waals surface area contributed by atoms with Crippen LogP contribution in [-0.4, -0.2) is 15.0 Å². The zero-order valence-electron chi connectivity index (χ0n) is 18.4. The molecule has 4 nitrogen and oxygen atoms in total. The van der Waals surface area contributed by atoms with E-state index in [-0.39, 0.29) is 0 Å². The van der Waals surface area contributed by atoms with Gasteiger partial charge in [-0.1, -0.05) is 96.1 Å². The number of aromatic nitrogens is 4. The molecule has 0 aliphatic carbocycles. The van der Waals surface area contributed by atoms with Crippen LogP contribution in [0.2, 0.25) is 0 Å². The molecular formula is C25H33N4+. The van der Waals surface area contributed by atoms with Crippen LogP contribution in [-0.2, 0) is 0 Å². The predicted octanol–water partition coefficient (Wildman–Crippen LogP) is 6.29. The number of hydrogen-bond donors (Lipinski definition) is 0. The Balaban J connectivity index is 0.000000644. The maximum absolute atomic E-state index is 4.70. The average molecular weight is 390 g/mol. The zero-order valence-corrected chi connectivity index (χ0v) is 18.4. The van der Waals surface area contributed by atoms with Crippen molar-refractivity contribution in [2.24, 2.45) is 0 Å². The van der Waals surface area contributed by atoms with E-state index >= 15 is 0 Å². The van der Waals surface area contributed by atoms with E-state index in [2.05, 4.69) is 0 Å². The molecule has 0 aliphatic heterocycles. The van der Waals surface area contributed by atoms with Crippen LogP contribution in [0.1, 0.15) is 41.5 Å². The van der Waals surface area contributed by atoms with Gasteiger partial charge in [0.05, 0.1) is 10.7 Å². The Labute approximate surface area is 175 Å². The highest BCUT2D eigenvalue weighted by Crippen LogP contribution is 2.14. The van der Waals surface area contributed by atoms with Crippen molar-refractivity contribution in [3.8, 4) is 22.8 Å². The first kappa shape index (κ1) is 23.8. The third-order valence-electron chi connectivity index (χ3n) is 3.56. The molecule has 0 radical (unpaired) electrons. The largest absolute Gasteiger partial charge is 0.340 e. The fourth-order valence-corrected chi connectivity index (χ4v) is 2.44. The van der Waals surface area contributed by atoms with Crippen molar-refractivity contribution in [1.82, 2.24) is 15.0 Å². The van der Waals surface area contributed by atoms with Crippen molar-refractivity contribution in [2.45, 2.75) is 41.5 Å². The Hall–Kier alpha value is -3.27. The van der Waals surface area contributed by atoms with Gasteiger partial charge in [-0.25, -0.2) is 0 Å². The van der Waals surface area contributed by atoms with Gasteiger partial charge in [-0.2, -0.15) is 0 Å². The van der Waals surface area contributed by atoms with E-state index in [1.807, 2.05) is 142 Å². The molecule has 0 bridgehead atoms. The molecule has 0 amide bonds. The molecule has 0 atom stereocenters. The number of rotatable bonds is 3. The lowest BCUT2D eigenvalue weighted by molar-refractivity contribution is -0.734. The van der Waals surface area contributed by atoms with Crippen LogP contribution in [0.4, 0.5) is 0 Å². The van der Waals surface area contributed by atoms with E-state index < -0.39 is 0 Å². The van der Waals surface area contributed by atoms with Gasteiger partial charge in [0.1, 0.15) is 5.69 Å². The summed E-state index contributed by atoms with van der Waals surface area (Å²) in [6.45, 7) is 12.0. The van der Waals surface area contributed by atoms with E-state index in [9.17, 15) is 0 Å². The molecule has 4 rings (SSSR count). The van der Waals surface area contributed by atoms with Crippen molar-refractivity contribution < 1.29 is 4.80 Å². The van der Waals surface area contributed by atoms with E-state index in [4.69, 9.17) is 10.2 Å². The SMILES string of the molecule is CC.CC.CC.c1ccc(-c2nn(-c3ccccc3)[n+](-c3ccccc3)n2)cc1. The molecule has 4 heteroatoms. The lowest BCUT2D eigenvalue weighted by Gasteiger charge is -1.98. The van der Waals surface area contributed by atoms with Crippen LogP contribution >= 0.6 is 0 Å². The molecule has 0 saturated heterocycles. The van der Waals surface area contributed by atoms with E-state index in [0.29, 0.717) is 5.82 Å². The third kappa shape index (κ3) is 6.39. The summed E-state index contributed by atoms with van der Waals surface area (Å²) in [5.41, 5.74) is 2.92. The van der Waals surface area contributed by atoms with Crippen LogP contribution in [0.25, 0.3) is 22.8 Å². The predicted molar refractivity (Wildman–Crippen MR) is 122 cm³/mol. The summed E-state index contributed by atoms with van der Waals surface area (Å²) < 4.78 is 0. The minimum Gasteiger partial charge on any atom is -0.0683 e. The van der Waals surface area contributed by atoms with E-state index in [0.717, 1.165) is 16.9 Å². The average Bonchev–Trinajstić information content (AvgIpc) is 3.30. The molecule has 29 heavy (non-hydrogen) atoms. The summed E-state index contributed by atoms with van der Waals surface area (Å²) in [5, 5.41) is 9.39. The van der Waals surface area contributed by atoms with Crippen LogP contribution in [0.5, 0.6) is 0 Å². The molecule has 0 unspecified atom stereocenters. The summed E-state index contributed by atoms with van der Waals surface area (Å²) in [6.07, 6.45) is 0. The first-order valence-corrected chi connectivity index (χ1v) is 10.5. The molecule has 0 aliphatic rings. The first-order chi connectivity index (χ1) is 14.4. The quantitative estimate of drug-likeness (QED) is 0.386. The van der Waals surface area contributed by atoms with Crippen LogP contribution in [0.15, 0.2) is 91.0 Å². The van der Waals surface area contributed by atoms with Gasteiger partial charge >= 0.3 is 5.82 Å². The second kappa shape index (κ2) is 13.8. The maximum Gasteiger partial charge on any atom is 0.340 e. The summed E-state index contributed by atoms with van der Waals surface area (Å²) in [7, 11) is 0. The molecule has 0 saturated carbocycles. The second-order valence-corrected chi connectivity index (χ2v) is 5.14. The van der Waals surface area contributed by atoms with Crippen molar-refractivity contribution in [3.63, 3.8) is 0 Å². The van der Waals surface area contributed by atoms with Gasteiger partial charge in [0.2, 0.25) is 0 Å². The monoisotopic (exact) mass is 389 g/mol. The van der Waals surface area contributed by atoms with Gasteiger partial charge < -0.3 is 0 Å². The Morgan fingerprint density at radius 2 is 1.03 bits per heavy atom. The minimum atomic E-state index is 0.693. The first-order valence-electron chi connectivity index (χ1n) is 10.5. The smallest absolute Gasteiger partial charge is 0.0683 e. The molecular weight excluding hydrogens is 356 g/mol. The number of benzene rings is 3. The van der Waals surface area contributed by atoms with Crippen molar-refractivity contribution >= 4 is 0 Å². The highest BCUT2D eigenvalue weighted by molar-refractivity contribution is 5.53. The molecule has 1 aromatic heterocycles. The van der Waals surface area contributed by atoms with Gasteiger partial charge in [0.25, 0.3) is 0 Å². The molecule has 0 spiro atoms. The molecule has 0 N–H and O–H groups in total. The van der Waals surface area contributed by atoms with Crippen LogP contribution in [0.3, 0.4) is 0 Å². The zero-order chi connectivity index (χ0) is 21.5. The lowest BCUT2D eigenvalue weighted by Crippen LogP contribution is -2.43. The third-order valence-corrected chi connectivity index (χ3v) is 3.56. The fraction of sp³-hybridized carbons (Fsp3) is 0.240. The Bertz CT molecular complexity index is 844. The fourth-order valence-electron chi connectivity index (χ4n) is 2.44. The summed E-state index contributed by atoms with van der Waals surface area (Å²) in [4.78, 5) is 3.63. The number of tetrazole rings is 1. The van der Waals surface area contributed by atoms with Crippen molar-refractivity contribution in [2.75, 3.05) is 0 Å². The number of nitrogens with zero attached hydrogens (tertiary/aromatic N) is 4. The molecule has 152 valence electrons. The van der Waals surface area contributed by atoms with Gasteiger partial charge in [-0.15, -0.1) is 0 Å². The molecule has 0 fully saturated rings. The van der Waals surface area contributed by atoms with Crippen LogP contribution < -0.4 is 4.80 Å². The standard InChI is InChI=1S/C19H15N4.3C2H6/c1-4-10-16(11-5-1)19-20-22(17-12-6-2-7-13-17)23(21-19)18-14-8-3-9-15-18;3*1-2/h1-15H;3*1-2H3/q+1;;;. The second-order valence-electron chi connectivity index (χ2n) is 5.14. The molecule has 4 aromatic rings. The topological polar surface area (TPSA) is 34.6 Å². The number of hydrogen-bond acceptors (Lipinski definition) is 2. The minimum absolute atomic E-state index is 0.693. The van der Waals surface area contributed by atoms with Gasteiger partial charge in [-0.05, 0) is 46.3 Å². The Kier molecular flexibility index (Phi) is 11.3. The van der Waals surface area contributed by atoms with E-state index in [1.54, 1.807) is 0 Å². The summed E-state index contributed by atoms with van der Waals surface area (Å²) in [6, 6.07) is 30.0.